The monoisotopic (exact) mass is 403 g/mol. The summed E-state index contributed by atoms with van der Waals surface area (Å²) >= 11 is 9.36. The number of nitrogens with one attached hydrogen (secondary N) is 1. The van der Waals surface area contributed by atoms with Gasteiger partial charge in [-0.15, -0.1) is 0 Å². The fraction of sp³-hybridized carbons (Fsp3) is 0.0588. The molecule has 0 saturated carbocycles. The van der Waals surface area contributed by atoms with Crippen molar-refractivity contribution in [3.05, 3.63) is 69.7 Å². The zero-order valence-electron chi connectivity index (χ0n) is 12.3. The third-order valence-corrected chi connectivity index (χ3v) is 4.30. The Balaban J connectivity index is 1.52. The van der Waals surface area contributed by atoms with Crippen LogP contribution in [0.3, 0.4) is 0 Å². The summed E-state index contributed by atoms with van der Waals surface area (Å²) in [6.45, 7) is 0.315. The lowest BCUT2D eigenvalue weighted by Gasteiger charge is -1.99. The number of imidazole rings is 1. The third kappa shape index (κ3) is 2.90. The first-order valence-corrected chi connectivity index (χ1v) is 8.36. The lowest BCUT2D eigenvalue weighted by Crippen LogP contribution is -2.22. The van der Waals surface area contributed by atoms with Crippen molar-refractivity contribution in [3.63, 3.8) is 0 Å². The van der Waals surface area contributed by atoms with Crippen molar-refractivity contribution < 1.29 is 9.21 Å². The van der Waals surface area contributed by atoms with E-state index in [1.54, 1.807) is 24.3 Å². The van der Waals surface area contributed by atoms with Crippen molar-refractivity contribution in [2.45, 2.75) is 6.54 Å². The van der Waals surface area contributed by atoms with E-state index in [2.05, 4.69) is 26.2 Å². The van der Waals surface area contributed by atoms with Gasteiger partial charge >= 0.3 is 0 Å². The van der Waals surface area contributed by atoms with Gasteiger partial charge in [0.15, 0.2) is 5.76 Å². The van der Waals surface area contributed by atoms with E-state index in [-0.39, 0.29) is 11.7 Å². The second-order valence-corrected chi connectivity index (χ2v) is 6.67. The number of hydrogen-bond donors (Lipinski definition) is 1. The number of halogens is 2. The van der Waals surface area contributed by atoms with Crippen molar-refractivity contribution in [1.29, 1.82) is 0 Å². The van der Waals surface area contributed by atoms with Gasteiger partial charge < -0.3 is 14.1 Å². The van der Waals surface area contributed by atoms with Crippen molar-refractivity contribution in [2.75, 3.05) is 0 Å². The number of fused-ring (bicyclic) bond motifs is 2. The van der Waals surface area contributed by atoms with E-state index in [0.717, 1.165) is 21.2 Å². The number of furan rings is 1. The lowest BCUT2D eigenvalue weighted by atomic mass is 10.2. The predicted molar refractivity (Wildman–Crippen MR) is 95.3 cm³/mol. The third-order valence-electron chi connectivity index (χ3n) is 3.60. The molecule has 0 saturated heterocycles. The van der Waals surface area contributed by atoms with Crippen LogP contribution in [0.5, 0.6) is 0 Å². The summed E-state index contributed by atoms with van der Waals surface area (Å²) in [5, 5.41) is 4.21. The fourth-order valence-corrected chi connectivity index (χ4v) is 3.02. The summed E-state index contributed by atoms with van der Waals surface area (Å²) in [6.07, 6.45) is 3.79. The summed E-state index contributed by atoms with van der Waals surface area (Å²) in [4.78, 5) is 16.7. The molecule has 0 atom stereocenters. The topological polar surface area (TPSA) is 59.5 Å². The molecule has 5 nitrogen and oxygen atoms in total. The molecule has 3 heterocycles. The lowest BCUT2D eigenvalue weighted by molar-refractivity contribution is 0.0925. The molecule has 0 radical (unpaired) electrons. The summed E-state index contributed by atoms with van der Waals surface area (Å²) in [5.41, 5.74) is 2.21. The van der Waals surface area contributed by atoms with E-state index in [9.17, 15) is 4.79 Å². The van der Waals surface area contributed by atoms with E-state index in [4.69, 9.17) is 16.0 Å². The summed E-state index contributed by atoms with van der Waals surface area (Å²) < 4.78 is 8.40. The number of benzene rings is 1. The number of carbonyl (C=O) groups excluding carboxylic acids is 1. The molecule has 1 N–H and O–H groups in total. The SMILES string of the molecule is O=C(NCc1cn2cc(Br)ccc2n1)c1cc2cc(Cl)ccc2o1. The number of hydrogen-bond acceptors (Lipinski definition) is 3. The van der Waals surface area contributed by atoms with Gasteiger partial charge in [0, 0.05) is 27.3 Å². The van der Waals surface area contributed by atoms with Crippen LogP contribution in [0.4, 0.5) is 0 Å². The second kappa shape index (κ2) is 5.96. The van der Waals surface area contributed by atoms with Crippen LogP contribution in [0, 0.1) is 0 Å². The largest absolute Gasteiger partial charge is 0.451 e. The molecule has 4 aromatic rings. The van der Waals surface area contributed by atoms with Gasteiger partial charge in [-0.3, -0.25) is 4.79 Å². The van der Waals surface area contributed by atoms with Gasteiger partial charge in [0.25, 0.3) is 5.91 Å². The molecule has 0 aliphatic heterocycles. The Bertz CT molecular complexity index is 1070. The van der Waals surface area contributed by atoms with Crippen LogP contribution < -0.4 is 5.32 Å². The first kappa shape index (κ1) is 15.2. The Labute approximate surface area is 150 Å². The number of pyridine rings is 1. The highest BCUT2D eigenvalue weighted by Crippen LogP contribution is 2.23. The van der Waals surface area contributed by atoms with Gasteiger partial charge in [-0.25, -0.2) is 4.98 Å². The molecule has 1 aromatic carbocycles. The maximum absolute atomic E-state index is 12.3. The molecule has 0 unspecified atom stereocenters. The van der Waals surface area contributed by atoms with Gasteiger partial charge in [-0.1, -0.05) is 11.6 Å². The molecule has 4 rings (SSSR count). The minimum absolute atomic E-state index is 0.249. The van der Waals surface area contributed by atoms with E-state index in [0.29, 0.717) is 17.2 Å². The van der Waals surface area contributed by atoms with Crippen LogP contribution in [0.15, 0.2) is 57.7 Å². The normalized spacial score (nSPS) is 11.2. The smallest absolute Gasteiger partial charge is 0.287 e. The van der Waals surface area contributed by atoms with Crippen molar-refractivity contribution in [3.8, 4) is 0 Å². The summed E-state index contributed by atoms with van der Waals surface area (Å²) in [7, 11) is 0. The van der Waals surface area contributed by atoms with E-state index in [1.807, 2.05) is 28.9 Å². The zero-order chi connectivity index (χ0) is 16.7. The highest BCUT2D eigenvalue weighted by Gasteiger charge is 2.13. The molecule has 7 heteroatoms. The average Bonchev–Trinajstić information content (AvgIpc) is 3.15. The molecule has 0 aliphatic rings. The highest BCUT2D eigenvalue weighted by atomic mass is 79.9. The van der Waals surface area contributed by atoms with Gasteiger partial charge in [0.05, 0.1) is 12.2 Å². The minimum atomic E-state index is -0.291. The Morgan fingerprint density at radius 2 is 2.12 bits per heavy atom. The molecule has 0 bridgehead atoms. The number of amides is 1. The summed E-state index contributed by atoms with van der Waals surface area (Å²) in [6, 6.07) is 10.7. The van der Waals surface area contributed by atoms with Crippen molar-refractivity contribution >= 4 is 50.1 Å². The first-order chi connectivity index (χ1) is 11.6. The molecule has 1 amide bonds. The number of nitrogens with zero attached hydrogens (tertiary/aromatic N) is 2. The number of aromatic nitrogens is 2. The maximum Gasteiger partial charge on any atom is 0.287 e. The highest BCUT2D eigenvalue weighted by molar-refractivity contribution is 9.10. The molecule has 0 fully saturated rings. The molecule has 0 spiro atoms. The molecular formula is C17H11BrClN3O2. The van der Waals surface area contributed by atoms with Gasteiger partial charge in [-0.2, -0.15) is 0 Å². The standard InChI is InChI=1S/C17H11BrClN3O2/c18-11-1-4-16-21-13(9-22(16)8-11)7-20-17(23)15-6-10-5-12(19)2-3-14(10)24-15/h1-6,8-9H,7H2,(H,20,23). The van der Waals surface area contributed by atoms with Crippen LogP contribution >= 0.6 is 27.5 Å². The van der Waals surface area contributed by atoms with Crippen LogP contribution in [0.1, 0.15) is 16.2 Å². The second-order valence-electron chi connectivity index (χ2n) is 5.32. The molecular weight excluding hydrogens is 394 g/mol. The van der Waals surface area contributed by atoms with Crippen LogP contribution in [-0.2, 0) is 6.54 Å². The average molecular weight is 405 g/mol. The van der Waals surface area contributed by atoms with E-state index >= 15 is 0 Å². The van der Waals surface area contributed by atoms with Crippen LogP contribution in [0.25, 0.3) is 16.6 Å². The maximum atomic E-state index is 12.3. The van der Waals surface area contributed by atoms with E-state index in [1.165, 1.54) is 0 Å². The summed E-state index contributed by atoms with van der Waals surface area (Å²) in [5.74, 6) is -0.0423. The predicted octanol–water partition coefficient (Wildman–Crippen LogP) is 4.43. The Morgan fingerprint density at radius 1 is 1.25 bits per heavy atom. The molecule has 0 aliphatic carbocycles. The van der Waals surface area contributed by atoms with Crippen molar-refractivity contribution in [1.82, 2.24) is 14.7 Å². The molecule has 24 heavy (non-hydrogen) atoms. The van der Waals surface area contributed by atoms with E-state index < -0.39 is 0 Å². The Kier molecular flexibility index (Phi) is 3.78. The minimum Gasteiger partial charge on any atom is -0.451 e. The first-order valence-electron chi connectivity index (χ1n) is 7.19. The van der Waals surface area contributed by atoms with Crippen LogP contribution in [-0.4, -0.2) is 15.3 Å². The van der Waals surface area contributed by atoms with Crippen LogP contribution in [0.2, 0.25) is 5.02 Å². The molecule has 3 aromatic heterocycles. The van der Waals surface area contributed by atoms with Gasteiger partial charge in [-0.05, 0) is 52.3 Å². The van der Waals surface area contributed by atoms with Crippen molar-refractivity contribution in [2.24, 2.45) is 0 Å². The fourth-order valence-electron chi connectivity index (χ4n) is 2.49. The van der Waals surface area contributed by atoms with Gasteiger partial charge in [0.1, 0.15) is 11.2 Å². The Hall–Kier alpha value is -2.31. The zero-order valence-corrected chi connectivity index (χ0v) is 14.6. The molecule has 120 valence electrons. The van der Waals surface area contributed by atoms with Gasteiger partial charge in [0.2, 0.25) is 0 Å². The number of rotatable bonds is 3. The Morgan fingerprint density at radius 3 is 3.00 bits per heavy atom. The quantitative estimate of drug-likeness (QED) is 0.549. The number of carbonyl (C=O) groups is 1.